The molecule has 0 amide bonds. The van der Waals surface area contributed by atoms with Crippen molar-refractivity contribution >= 4 is 0 Å². The molecule has 0 spiro atoms. The predicted molar refractivity (Wildman–Crippen MR) is 122 cm³/mol. The van der Waals surface area contributed by atoms with Gasteiger partial charge in [-0.2, -0.15) is 0 Å². The minimum absolute atomic E-state index is 0.00689. The van der Waals surface area contributed by atoms with Crippen LogP contribution in [0.4, 0.5) is 0 Å². The highest BCUT2D eigenvalue weighted by Crippen LogP contribution is 2.23. The van der Waals surface area contributed by atoms with Gasteiger partial charge in [-0.3, -0.25) is 0 Å². The Labute approximate surface area is 185 Å². The van der Waals surface area contributed by atoms with E-state index in [0.29, 0.717) is 12.5 Å². The summed E-state index contributed by atoms with van der Waals surface area (Å²) in [7, 11) is 0. The zero-order valence-corrected chi connectivity index (χ0v) is 20.3. The maximum Gasteiger partial charge on any atom is 0.186 e. The molecule has 5 heteroatoms. The van der Waals surface area contributed by atoms with Crippen molar-refractivity contribution in [2.45, 2.75) is 123 Å². The Morgan fingerprint density at radius 3 is 1.67 bits per heavy atom. The zero-order chi connectivity index (χ0) is 22.5. The van der Waals surface area contributed by atoms with Gasteiger partial charge in [0.15, 0.2) is 6.29 Å². The monoisotopic (exact) mass is 430 g/mol. The molecule has 0 aliphatic carbocycles. The average molecular weight is 431 g/mol. The normalized spacial score (nSPS) is 27.9. The van der Waals surface area contributed by atoms with E-state index >= 15 is 0 Å². The minimum Gasteiger partial charge on any atom is -0.388 e. The van der Waals surface area contributed by atoms with Crippen LogP contribution in [-0.2, 0) is 9.47 Å². The van der Waals surface area contributed by atoms with Crippen LogP contribution in [-0.4, -0.2) is 53.1 Å². The van der Waals surface area contributed by atoms with Gasteiger partial charge < -0.3 is 24.8 Å². The van der Waals surface area contributed by atoms with Gasteiger partial charge in [0, 0.05) is 0 Å². The lowest BCUT2D eigenvalue weighted by atomic mass is 9.91. The van der Waals surface area contributed by atoms with E-state index in [-0.39, 0.29) is 6.61 Å². The zero-order valence-electron chi connectivity index (χ0n) is 20.3. The van der Waals surface area contributed by atoms with Crippen LogP contribution >= 0.6 is 0 Å². The van der Waals surface area contributed by atoms with Gasteiger partial charge in [0.2, 0.25) is 0 Å². The van der Waals surface area contributed by atoms with E-state index in [1.165, 1.54) is 57.8 Å². The molecule has 1 heterocycles. The Hall–Kier alpha value is -0.200. The summed E-state index contributed by atoms with van der Waals surface area (Å²) in [5, 5.41) is 29.0. The highest BCUT2D eigenvalue weighted by Gasteiger charge is 2.38. The molecule has 0 bridgehead atoms. The summed E-state index contributed by atoms with van der Waals surface area (Å²) < 4.78 is 10.9. The second-order valence-corrected chi connectivity index (χ2v) is 10.4. The van der Waals surface area contributed by atoms with Gasteiger partial charge in [-0.15, -0.1) is 0 Å². The molecule has 1 aliphatic rings. The Morgan fingerprint density at radius 1 is 0.700 bits per heavy atom. The standard InChI is InChI=1S/C25H50O5/c1-18(2)9-6-10-19(3)11-7-12-20(4)13-8-14-21(5)15-16-29-25-24(28)23(27)22(26)17-30-25/h18-28H,6-17H2,1-5H3/t19?,20?,21?,22-,23+,24-,25-/m1/s1. The molecule has 7 atom stereocenters. The fourth-order valence-corrected chi connectivity index (χ4v) is 4.25. The van der Waals surface area contributed by atoms with E-state index in [4.69, 9.17) is 9.47 Å². The first-order chi connectivity index (χ1) is 14.2. The third kappa shape index (κ3) is 12.0. The van der Waals surface area contributed by atoms with Crippen molar-refractivity contribution in [2.24, 2.45) is 23.7 Å². The molecule has 0 aromatic heterocycles. The lowest BCUT2D eigenvalue weighted by Crippen LogP contribution is -2.53. The van der Waals surface area contributed by atoms with Crippen LogP contribution in [0.2, 0.25) is 0 Å². The third-order valence-electron chi connectivity index (χ3n) is 6.61. The van der Waals surface area contributed by atoms with Crippen LogP contribution in [0.3, 0.4) is 0 Å². The highest BCUT2D eigenvalue weighted by atomic mass is 16.7. The summed E-state index contributed by atoms with van der Waals surface area (Å²) in [6.07, 6.45) is 8.56. The maximum atomic E-state index is 9.88. The second kappa shape index (κ2) is 15.6. The van der Waals surface area contributed by atoms with E-state index in [0.717, 1.165) is 24.2 Å². The van der Waals surface area contributed by atoms with E-state index in [2.05, 4.69) is 34.6 Å². The van der Waals surface area contributed by atoms with Crippen LogP contribution in [0, 0.1) is 23.7 Å². The number of rotatable bonds is 16. The molecule has 180 valence electrons. The summed E-state index contributed by atoms with van der Waals surface area (Å²) in [6.45, 7) is 12.2. The second-order valence-electron chi connectivity index (χ2n) is 10.4. The molecular formula is C25H50O5. The number of aliphatic hydroxyl groups is 3. The molecule has 3 N–H and O–H groups in total. The summed E-state index contributed by atoms with van der Waals surface area (Å²) in [6, 6.07) is 0. The predicted octanol–water partition coefficient (Wildman–Crippen LogP) is 4.91. The molecule has 1 aliphatic heterocycles. The number of ether oxygens (including phenoxy) is 2. The number of hydrogen-bond acceptors (Lipinski definition) is 5. The SMILES string of the molecule is CC(C)CCCC(C)CCCC(C)CCCC(C)CCO[C@@H]1OC[C@@H](O)[C@H](O)[C@H]1O. The molecule has 1 rings (SSSR count). The summed E-state index contributed by atoms with van der Waals surface area (Å²) in [5.74, 6) is 3.07. The van der Waals surface area contributed by atoms with Crippen LogP contribution in [0.15, 0.2) is 0 Å². The van der Waals surface area contributed by atoms with Crippen molar-refractivity contribution in [1.82, 2.24) is 0 Å². The van der Waals surface area contributed by atoms with Crippen LogP contribution in [0.1, 0.15) is 98.8 Å². The van der Waals surface area contributed by atoms with E-state index < -0.39 is 24.6 Å². The van der Waals surface area contributed by atoms with Crippen molar-refractivity contribution < 1.29 is 24.8 Å². The lowest BCUT2D eigenvalue weighted by Gasteiger charge is -2.35. The Kier molecular flexibility index (Phi) is 14.5. The number of hydrogen-bond donors (Lipinski definition) is 3. The quantitative estimate of drug-likeness (QED) is 0.324. The van der Waals surface area contributed by atoms with Gasteiger partial charge in [0.1, 0.15) is 18.3 Å². The minimum atomic E-state index is -1.20. The smallest absolute Gasteiger partial charge is 0.186 e. The highest BCUT2D eigenvalue weighted by molar-refractivity contribution is 4.82. The largest absolute Gasteiger partial charge is 0.388 e. The van der Waals surface area contributed by atoms with Gasteiger partial charge in [-0.05, 0) is 30.1 Å². The van der Waals surface area contributed by atoms with Crippen molar-refractivity contribution in [3.8, 4) is 0 Å². The molecule has 0 aromatic rings. The lowest BCUT2D eigenvalue weighted by molar-refractivity contribution is -0.270. The van der Waals surface area contributed by atoms with Crippen LogP contribution in [0.5, 0.6) is 0 Å². The van der Waals surface area contributed by atoms with Gasteiger partial charge >= 0.3 is 0 Å². The fraction of sp³-hybridized carbons (Fsp3) is 1.00. The topological polar surface area (TPSA) is 79.2 Å². The molecule has 1 fully saturated rings. The molecule has 5 nitrogen and oxygen atoms in total. The fourth-order valence-electron chi connectivity index (χ4n) is 4.25. The summed E-state index contributed by atoms with van der Waals surface area (Å²) in [5.41, 5.74) is 0. The first kappa shape index (κ1) is 27.8. The van der Waals surface area contributed by atoms with Crippen molar-refractivity contribution in [3.63, 3.8) is 0 Å². The van der Waals surface area contributed by atoms with Gasteiger partial charge in [0.05, 0.1) is 13.2 Å². The van der Waals surface area contributed by atoms with Crippen molar-refractivity contribution in [2.75, 3.05) is 13.2 Å². The molecule has 1 saturated heterocycles. The van der Waals surface area contributed by atoms with Crippen molar-refractivity contribution in [3.05, 3.63) is 0 Å². The number of aliphatic hydroxyl groups excluding tert-OH is 3. The Balaban J connectivity index is 2.02. The van der Waals surface area contributed by atoms with E-state index in [9.17, 15) is 15.3 Å². The van der Waals surface area contributed by atoms with Gasteiger partial charge in [0.25, 0.3) is 0 Å². The maximum absolute atomic E-state index is 9.88. The van der Waals surface area contributed by atoms with Gasteiger partial charge in [-0.1, -0.05) is 92.4 Å². The van der Waals surface area contributed by atoms with E-state index in [1.807, 2.05) is 0 Å². The van der Waals surface area contributed by atoms with E-state index in [1.54, 1.807) is 0 Å². The molecule has 0 radical (unpaired) electrons. The van der Waals surface area contributed by atoms with Gasteiger partial charge in [-0.25, -0.2) is 0 Å². The summed E-state index contributed by atoms with van der Waals surface area (Å²) in [4.78, 5) is 0. The van der Waals surface area contributed by atoms with Crippen LogP contribution < -0.4 is 0 Å². The summed E-state index contributed by atoms with van der Waals surface area (Å²) >= 11 is 0. The molecule has 30 heavy (non-hydrogen) atoms. The Bertz CT molecular complexity index is 416. The molecule has 3 unspecified atom stereocenters. The molecule has 0 aromatic carbocycles. The average Bonchev–Trinajstić information content (AvgIpc) is 2.67. The van der Waals surface area contributed by atoms with Crippen LogP contribution in [0.25, 0.3) is 0 Å². The Morgan fingerprint density at radius 2 is 1.17 bits per heavy atom. The third-order valence-corrected chi connectivity index (χ3v) is 6.61. The molecule has 0 saturated carbocycles. The first-order valence-electron chi connectivity index (χ1n) is 12.5. The first-order valence-corrected chi connectivity index (χ1v) is 12.5. The molecular weight excluding hydrogens is 380 g/mol. The van der Waals surface area contributed by atoms with Crippen molar-refractivity contribution in [1.29, 1.82) is 0 Å².